The van der Waals surface area contributed by atoms with Crippen LogP contribution in [0.2, 0.25) is 0 Å². The van der Waals surface area contributed by atoms with Gasteiger partial charge >= 0.3 is 0 Å². The topological polar surface area (TPSA) is 63.2 Å². The number of nitrogens with one attached hydrogen (secondary N) is 1. The van der Waals surface area contributed by atoms with Crippen molar-refractivity contribution in [1.29, 1.82) is 0 Å². The summed E-state index contributed by atoms with van der Waals surface area (Å²) < 4.78 is 5.42. The quantitative estimate of drug-likeness (QED) is 0.703. The molecule has 0 saturated heterocycles. The van der Waals surface area contributed by atoms with Crippen LogP contribution in [0.25, 0.3) is 0 Å². The van der Waals surface area contributed by atoms with Crippen molar-refractivity contribution in [2.45, 2.75) is 13.3 Å². The van der Waals surface area contributed by atoms with Crippen LogP contribution in [-0.4, -0.2) is 35.7 Å². The molecule has 3 rings (SSSR count). The molecule has 0 unspecified atom stereocenters. The average molecular weight is 349 g/mol. The molecule has 1 aromatic carbocycles. The smallest absolute Gasteiger partial charge is 0.227 e. The molecule has 134 valence electrons. The van der Waals surface area contributed by atoms with Gasteiger partial charge in [-0.15, -0.1) is 0 Å². The van der Waals surface area contributed by atoms with Gasteiger partial charge < -0.3 is 15.0 Å². The third kappa shape index (κ3) is 4.47. The maximum Gasteiger partial charge on any atom is 0.227 e. The Balaban J connectivity index is 1.71. The zero-order valence-electron chi connectivity index (χ0n) is 15.3. The van der Waals surface area contributed by atoms with Gasteiger partial charge in [0.1, 0.15) is 11.6 Å². The fourth-order valence-electron chi connectivity index (χ4n) is 2.61. The van der Waals surface area contributed by atoms with Gasteiger partial charge in [0.2, 0.25) is 5.95 Å². The first-order chi connectivity index (χ1) is 12.7. The summed E-state index contributed by atoms with van der Waals surface area (Å²) in [5.41, 5.74) is 3.28. The number of hydrogen-bond acceptors (Lipinski definition) is 6. The van der Waals surface area contributed by atoms with Crippen LogP contribution in [0.15, 0.2) is 55.0 Å². The molecule has 6 heteroatoms. The zero-order valence-corrected chi connectivity index (χ0v) is 15.3. The van der Waals surface area contributed by atoms with Crippen molar-refractivity contribution in [3.8, 4) is 5.75 Å². The predicted molar refractivity (Wildman–Crippen MR) is 104 cm³/mol. The Bertz CT molecular complexity index is 854. The van der Waals surface area contributed by atoms with Gasteiger partial charge in [0.05, 0.1) is 12.8 Å². The molecule has 0 amide bonds. The molecule has 1 N–H and O–H groups in total. The maximum absolute atomic E-state index is 5.42. The first-order valence-electron chi connectivity index (χ1n) is 8.50. The van der Waals surface area contributed by atoms with Crippen LogP contribution in [0.1, 0.15) is 11.1 Å². The van der Waals surface area contributed by atoms with Crippen LogP contribution >= 0.6 is 0 Å². The van der Waals surface area contributed by atoms with Gasteiger partial charge in [0, 0.05) is 32.2 Å². The number of aromatic nitrogens is 3. The van der Waals surface area contributed by atoms with E-state index < -0.39 is 0 Å². The van der Waals surface area contributed by atoms with E-state index in [4.69, 9.17) is 4.74 Å². The highest BCUT2D eigenvalue weighted by Crippen LogP contribution is 2.28. The molecule has 0 spiro atoms. The number of likely N-dealkylation sites (N-methyl/N-ethyl adjacent to an activating group) is 1. The molecule has 0 bridgehead atoms. The van der Waals surface area contributed by atoms with Gasteiger partial charge in [0.15, 0.2) is 0 Å². The zero-order chi connectivity index (χ0) is 18.4. The summed E-state index contributed by atoms with van der Waals surface area (Å²) in [5.74, 6) is 2.19. The highest BCUT2D eigenvalue weighted by Gasteiger charge is 2.08. The van der Waals surface area contributed by atoms with Crippen LogP contribution in [0, 0.1) is 6.92 Å². The average Bonchev–Trinajstić information content (AvgIpc) is 2.67. The van der Waals surface area contributed by atoms with E-state index in [-0.39, 0.29) is 0 Å². The Hall–Kier alpha value is -3.15. The third-order valence-corrected chi connectivity index (χ3v) is 4.09. The molecular formula is C20H23N5O. The molecule has 26 heavy (non-hydrogen) atoms. The lowest BCUT2D eigenvalue weighted by Gasteiger charge is -2.18. The molecule has 0 fully saturated rings. The molecule has 0 aliphatic rings. The summed E-state index contributed by atoms with van der Waals surface area (Å²) in [6, 6.07) is 11.9. The lowest BCUT2D eigenvalue weighted by Crippen LogP contribution is -2.22. The van der Waals surface area contributed by atoms with Crippen LogP contribution in [0.3, 0.4) is 0 Å². The fraction of sp³-hybridized carbons (Fsp3) is 0.250. The number of ether oxygens (including phenoxy) is 1. The number of rotatable bonds is 7. The first-order valence-corrected chi connectivity index (χ1v) is 8.50. The lowest BCUT2D eigenvalue weighted by atomic mass is 10.2. The number of pyridine rings is 1. The number of aryl methyl sites for hydroxylation is 1. The molecule has 3 aromatic rings. The summed E-state index contributed by atoms with van der Waals surface area (Å²) in [7, 11) is 3.65. The molecule has 0 atom stereocenters. The summed E-state index contributed by atoms with van der Waals surface area (Å²) in [5, 5.41) is 3.32. The monoisotopic (exact) mass is 349 g/mol. The maximum atomic E-state index is 5.42. The van der Waals surface area contributed by atoms with Crippen molar-refractivity contribution in [3.63, 3.8) is 0 Å². The fourth-order valence-corrected chi connectivity index (χ4v) is 2.61. The van der Waals surface area contributed by atoms with E-state index in [0.29, 0.717) is 5.95 Å². The van der Waals surface area contributed by atoms with Crippen molar-refractivity contribution < 1.29 is 4.74 Å². The second-order valence-electron chi connectivity index (χ2n) is 6.10. The number of nitrogens with zero attached hydrogens (tertiary/aromatic N) is 4. The largest absolute Gasteiger partial charge is 0.495 e. The molecule has 0 aliphatic carbocycles. The van der Waals surface area contributed by atoms with Crippen molar-refractivity contribution in [3.05, 3.63) is 66.1 Å². The Kier molecular flexibility index (Phi) is 5.63. The minimum absolute atomic E-state index is 0.677. The SMILES string of the molecule is COc1ccc(C)cc1Nc1ccnc(N(C)CCc2ccncc2)n1. The number of hydrogen-bond donors (Lipinski definition) is 1. The van der Waals surface area contributed by atoms with Crippen LogP contribution in [0.4, 0.5) is 17.5 Å². The van der Waals surface area contributed by atoms with Crippen molar-refractivity contribution in [1.82, 2.24) is 15.0 Å². The molecule has 0 aliphatic heterocycles. The van der Waals surface area contributed by atoms with E-state index in [1.807, 2.05) is 67.7 Å². The van der Waals surface area contributed by atoms with Gasteiger partial charge in [-0.1, -0.05) is 6.07 Å². The van der Waals surface area contributed by atoms with Gasteiger partial charge in [-0.3, -0.25) is 4.98 Å². The number of methoxy groups -OCH3 is 1. The van der Waals surface area contributed by atoms with Gasteiger partial charge in [-0.05, 0) is 54.8 Å². The summed E-state index contributed by atoms with van der Waals surface area (Å²) in [6.07, 6.45) is 6.29. The van der Waals surface area contributed by atoms with Crippen LogP contribution in [0.5, 0.6) is 5.75 Å². The van der Waals surface area contributed by atoms with Gasteiger partial charge in [-0.2, -0.15) is 4.98 Å². The highest BCUT2D eigenvalue weighted by molar-refractivity contribution is 5.65. The summed E-state index contributed by atoms with van der Waals surface area (Å²) in [6.45, 7) is 2.87. The van der Waals surface area contributed by atoms with E-state index >= 15 is 0 Å². The summed E-state index contributed by atoms with van der Waals surface area (Å²) >= 11 is 0. The Morgan fingerprint density at radius 3 is 2.65 bits per heavy atom. The van der Waals surface area contributed by atoms with Gasteiger partial charge in [-0.25, -0.2) is 4.98 Å². The van der Waals surface area contributed by atoms with Crippen molar-refractivity contribution >= 4 is 17.5 Å². The molecule has 2 heterocycles. The second kappa shape index (κ2) is 8.29. The molecule has 0 saturated carbocycles. The molecule has 2 aromatic heterocycles. The minimum Gasteiger partial charge on any atom is -0.495 e. The van der Waals surface area contributed by atoms with E-state index in [1.165, 1.54) is 5.56 Å². The number of benzene rings is 1. The number of anilines is 3. The highest BCUT2D eigenvalue weighted by atomic mass is 16.5. The third-order valence-electron chi connectivity index (χ3n) is 4.09. The standard InChI is InChI=1S/C20H23N5O/c1-15-4-5-18(26-3)17(14-15)23-19-8-12-22-20(24-19)25(2)13-9-16-6-10-21-11-7-16/h4-8,10-12,14H,9,13H2,1-3H3,(H,22,23,24). The van der Waals surface area contributed by atoms with E-state index in [2.05, 4.69) is 20.3 Å². The minimum atomic E-state index is 0.677. The van der Waals surface area contributed by atoms with Crippen molar-refractivity contribution in [2.24, 2.45) is 0 Å². The molecule has 6 nitrogen and oxygen atoms in total. The van der Waals surface area contributed by atoms with E-state index in [9.17, 15) is 0 Å². The predicted octanol–water partition coefficient (Wildman–Crippen LogP) is 3.61. The Morgan fingerprint density at radius 2 is 1.88 bits per heavy atom. The molecule has 0 radical (unpaired) electrons. The van der Waals surface area contributed by atoms with Crippen LogP contribution < -0.4 is 15.0 Å². The lowest BCUT2D eigenvalue weighted by molar-refractivity contribution is 0.416. The first kappa shape index (κ1) is 17.7. The van der Waals surface area contributed by atoms with E-state index in [0.717, 1.165) is 35.8 Å². The van der Waals surface area contributed by atoms with Crippen LogP contribution in [-0.2, 0) is 6.42 Å². The second-order valence-corrected chi connectivity index (χ2v) is 6.10. The van der Waals surface area contributed by atoms with E-state index in [1.54, 1.807) is 13.3 Å². The molecular weight excluding hydrogens is 326 g/mol. The Morgan fingerprint density at radius 1 is 1.08 bits per heavy atom. The van der Waals surface area contributed by atoms with Crippen molar-refractivity contribution in [2.75, 3.05) is 30.9 Å². The Labute approximate surface area is 153 Å². The normalized spacial score (nSPS) is 10.4. The summed E-state index contributed by atoms with van der Waals surface area (Å²) in [4.78, 5) is 15.1. The van der Waals surface area contributed by atoms with Gasteiger partial charge in [0.25, 0.3) is 0 Å².